The normalized spacial score (nSPS) is 18.7. The Morgan fingerprint density at radius 3 is 2.35 bits per heavy atom. The number of carbonyl (C=O) groups is 1. The van der Waals surface area contributed by atoms with E-state index in [2.05, 4.69) is 0 Å². The molecule has 1 aliphatic carbocycles. The molecule has 92 valence electrons. The average molecular weight is 237 g/mol. The minimum Gasteiger partial charge on any atom is -0.508 e. The number of carboxylic acid groups (broad SMARTS) is 1. The first-order valence-corrected chi connectivity index (χ1v) is 5.44. The van der Waals surface area contributed by atoms with Crippen molar-refractivity contribution in [3.8, 4) is 11.5 Å². The van der Waals surface area contributed by atoms with Gasteiger partial charge >= 0.3 is 5.97 Å². The molecule has 1 aromatic rings. The molecule has 1 atom stereocenters. The highest BCUT2D eigenvalue weighted by Gasteiger charge is 2.49. The van der Waals surface area contributed by atoms with Gasteiger partial charge in [0.05, 0.1) is 0 Å². The number of aromatic hydroxyl groups is 2. The highest BCUT2D eigenvalue weighted by Crippen LogP contribution is 2.53. The number of hydrogen-bond donors (Lipinski definition) is 4. The van der Waals surface area contributed by atoms with Crippen molar-refractivity contribution < 1.29 is 20.1 Å². The van der Waals surface area contributed by atoms with E-state index in [1.54, 1.807) is 0 Å². The maximum absolute atomic E-state index is 10.9. The second-order valence-electron chi connectivity index (χ2n) is 4.64. The van der Waals surface area contributed by atoms with Crippen molar-refractivity contribution in [1.29, 1.82) is 0 Å². The van der Waals surface area contributed by atoms with Crippen LogP contribution in [0.15, 0.2) is 12.1 Å². The fraction of sp³-hybridized carbons (Fsp3) is 0.417. The molecular formula is C12H15NO4. The molecule has 0 aliphatic heterocycles. The van der Waals surface area contributed by atoms with Gasteiger partial charge in [-0.25, -0.2) is 4.79 Å². The molecule has 1 aliphatic rings. The molecule has 5 nitrogen and oxygen atoms in total. The van der Waals surface area contributed by atoms with Gasteiger partial charge in [0.25, 0.3) is 0 Å². The van der Waals surface area contributed by atoms with Gasteiger partial charge < -0.3 is 21.1 Å². The molecule has 0 aromatic heterocycles. The first kappa shape index (κ1) is 11.7. The van der Waals surface area contributed by atoms with Gasteiger partial charge in [0, 0.05) is 23.1 Å². The molecule has 1 aromatic carbocycles. The summed E-state index contributed by atoms with van der Waals surface area (Å²) in [6, 6.07) is 2.23. The second-order valence-corrected chi connectivity index (χ2v) is 4.64. The van der Waals surface area contributed by atoms with Crippen LogP contribution < -0.4 is 5.73 Å². The molecule has 0 saturated heterocycles. The third kappa shape index (κ3) is 1.72. The van der Waals surface area contributed by atoms with Crippen LogP contribution in [-0.4, -0.2) is 27.3 Å². The largest absolute Gasteiger partial charge is 0.508 e. The third-order valence-corrected chi connectivity index (χ3v) is 3.54. The molecule has 5 N–H and O–H groups in total. The topological polar surface area (TPSA) is 104 Å². The molecule has 0 heterocycles. The van der Waals surface area contributed by atoms with E-state index in [0.717, 1.165) is 18.9 Å². The summed E-state index contributed by atoms with van der Waals surface area (Å²) in [5.41, 5.74) is 5.84. The number of nitrogens with two attached hydrogens (primary N) is 1. The molecular weight excluding hydrogens is 222 g/mol. The zero-order valence-corrected chi connectivity index (χ0v) is 9.47. The number of rotatable bonds is 3. The molecule has 1 saturated carbocycles. The summed E-state index contributed by atoms with van der Waals surface area (Å²) in [6.07, 6.45) is 1.64. The van der Waals surface area contributed by atoms with Crippen LogP contribution in [0.5, 0.6) is 11.5 Å². The Morgan fingerprint density at radius 2 is 1.94 bits per heavy atom. The average Bonchev–Trinajstić information content (AvgIpc) is 2.97. The van der Waals surface area contributed by atoms with E-state index in [4.69, 9.17) is 10.8 Å². The summed E-state index contributed by atoms with van der Waals surface area (Å²) in [4.78, 5) is 10.9. The lowest BCUT2D eigenvalue weighted by Crippen LogP contribution is -2.31. The van der Waals surface area contributed by atoms with Gasteiger partial charge in [-0.15, -0.1) is 0 Å². The molecule has 1 fully saturated rings. The number of phenolic OH excluding ortho intramolecular Hbond substituents is 1. The number of carboxylic acids is 1. The zero-order chi connectivity index (χ0) is 12.8. The van der Waals surface area contributed by atoms with Crippen molar-refractivity contribution in [1.82, 2.24) is 0 Å². The summed E-state index contributed by atoms with van der Waals surface area (Å²) < 4.78 is 0. The number of benzene rings is 1. The lowest BCUT2D eigenvalue weighted by Gasteiger charge is -2.21. The van der Waals surface area contributed by atoms with Gasteiger partial charge in [0.2, 0.25) is 0 Å². The molecule has 0 amide bonds. The standard InChI is InChI=1S/C12H15NO4/c1-6(13)12(2-3-12)8-4-7(11(16)17)9(14)5-10(8)15/h4-6,14-15H,2-3,13H2,1H3,(H,16,17). The van der Waals surface area contributed by atoms with E-state index in [1.807, 2.05) is 6.92 Å². The van der Waals surface area contributed by atoms with Crippen molar-refractivity contribution in [3.63, 3.8) is 0 Å². The van der Waals surface area contributed by atoms with Crippen molar-refractivity contribution in [2.45, 2.75) is 31.2 Å². The molecule has 0 spiro atoms. The van der Waals surface area contributed by atoms with Gasteiger partial charge in [-0.3, -0.25) is 0 Å². The van der Waals surface area contributed by atoms with Crippen molar-refractivity contribution >= 4 is 5.97 Å². The van der Waals surface area contributed by atoms with Crippen LogP contribution in [0.1, 0.15) is 35.7 Å². The fourth-order valence-electron chi connectivity index (χ4n) is 2.25. The van der Waals surface area contributed by atoms with E-state index < -0.39 is 11.7 Å². The van der Waals surface area contributed by atoms with Gasteiger partial charge in [0.15, 0.2) is 0 Å². The van der Waals surface area contributed by atoms with Crippen molar-refractivity contribution in [2.75, 3.05) is 0 Å². The SMILES string of the molecule is CC(N)C1(c2cc(C(=O)O)c(O)cc2O)CC1. The summed E-state index contributed by atoms with van der Waals surface area (Å²) in [6.45, 7) is 1.83. The predicted molar refractivity (Wildman–Crippen MR) is 61.3 cm³/mol. The molecule has 17 heavy (non-hydrogen) atoms. The maximum atomic E-state index is 10.9. The van der Waals surface area contributed by atoms with Crippen molar-refractivity contribution in [2.24, 2.45) is 5.73 Å². The Morgan fingerprint density at radius 1 is 1.35 bits per heavy atom. The van der Waals surface area contributed by atoms with E-state index in [9.17, 15) is 15.0 Å². The van der Waals surface area contributed by atoms with Gasteiger partial charge in [-0.1, -0.05) is 0 Å². The number of hydrogen-bond acceptors (Lipinski definition) is 4. The Labute approximate surface area is 98.5 Å². The minimum absolute atomic E-state index is 0.0951. The fourth-order valence-corrected chi connectivity index (χ4v) is 2.25. The van der Waals surface area contributed by atoms with Crippen LogP contribution in [0.2, 0.25) is 0 Å². The monoisotopic (exact) mass is 237 g/mol. The molecule has 0 radical (unpaired) electrons. The molecule has 0 bridgehead atoms. The van der Waals surface area contributed by atoms with Crippen LogP contribution >= 0.6 is 0 Å². The maximum Gasteiger partial charge on any atom is 0.339 e. The van der Waals surface area contributed by atoms with Crippen LogP contribution in [-0.2, 0) is 5.41 Å². The Hall–Kier alpha value is -1.75. The van der Waals surface area contributed by atoms with Gasteiger partial charge in [-0.2, -0.15) is 0 Å². The first-order chi connectivity index (χ1) is 7.88. The molecule has 1 unspecified atom stereocenters. The lowest BCUT2D eigenvalue weighted by atomic mass is 9.87. The number of phenols is 2. The lowest BCUT2D eigenvalue weighted by molar-refractivity contribution is 0.0693. The smallest absolute Gasteiger partial charge is 0.339 e. The zero-order valence-electron chi connectivity index (χ0n) is 9.47. The van der Waals surface area contributed by atoms with Gasteiger partial charge in [0.1, 0.15) is 17.1 Å². The van der Waals surface area contributed by atoms with Crippen LogP contribution in [0.4, 0.5) is 0 Å². The van der Waals surface area contributed by atoms with E-state index in [1.165, 1.54) is 6.07 Å². The van der Waals surface area contributed by atoms with E-state index >= 15 is 0 Å². The van der Waals surface area contributed by atoms with E-state index in [0.29, 0.717) is 5.56 Å². The highest BCUT2D eigenvalue weighted by atomic mass is 16.4. The Bertz CT molecular complexity index is 478. The van der Waals surface area contributed by atoms with E-state index in [-0.39, 0.29) is 22.8 Å². The summed E-state index contributed by atoms with van der Waals surface area (Å²) in [7, 11) is 0. The van der Waals surface area contributed by atoms with Crippen LogP contribution in [0.25, 0.3) is 0 Å². The molecule has 2 rings (SSSR count). The predicted octanol–water partition coefficient (Wildman–Crippen LogP) is 1.17. The summed E-state index contributed by atoms with van der Waals surface area (Å²) in [5, 5.41) is 28.2. The highest BCUT2D eigenvalue weighted by molar-refractivity contribution is 5.91. The molecule has 5 heteroatoms. The summed E-state index contributed by atoms with van der Waals surface area (Å²) >= 11 is 0. The van der Waals surface area contributed by atoms with Crippen LogP contribution in [0.3, 0.4) is 0 Å². The number of aromatic carboxylic acids is 1. The van der Waals surface area contributed by atoms with Crippen molar-refractivity contribution in [3.05, 3.63) is 23.3 Å². The Kier molecular flexibility index (Phi) is 2.50. The Balaban J connectivity index is 2.55. The first-order valence-electron chi connectivity index (χ1n) is 5.44. The second kappa shape index (κ2) is 3.63. The minimum atomic E-state index is -1.22. The van der Waals surface area contributed by atoms with Gasteiger partial charge in [-0.05, 0) is 25.8 Å². The van der Waals surface area contributed by atoms with Crippen LogP contribution in [0, 0.1) is 0 Å². The summed E-state index contributed by atoms with van der Waals surface area (Å²) in [5.74, 6) is -1.74. The quantitative estimate of drug-likeness (QED) is 0.632. The third-order valence-electron chi connectivity index (χ3n) is 3.54.